The molecule has 0 aliphatic rings. The molecule has 0 unspecified atom stereocenters. The molecular weight excluding hydrogens is 202 g/mol. The van der Waals surface area contributed by atoms with Gasteiger partial charge in [0.05, 0.1) is 12.5 Å². The lowest BCUT2D eigenvalue weighted by Crippen LogP contribution is -2.05. The number of hydrogen-bond acceptors (Lipinski definition) is 4. The van der Waals surface area contributed by atoms with Gasteiger partial charge in [0.15, 0.2) is 0 Å². The van der Waals surface area contributed by atoms with Gasteiger partial charge in [-0.2, -0.15) is 5.26 Å². The predicted octanol–water partition coefficient (Wildman–Crippen LogP) is 1.78. The van der Waals surface area contributed by atoms with Gasteiger partial charge >= 0.3 is 0 Å². The fraction of sp³-hybridized carbons (Fsp3) is 0.417. The standard InChI is InChI=1S/C12H17N3O/c1-16-8-2-7-15-11-3-4-12(14)10(9-11)5-6-13/h3-4,9,15H,2,5,7-8,14H2,1H3. The molecule has 1 rings (SSSR count). The Kier molecular flexibility index (Phi) is 5.17. The number of anilines is 2. The molecular formula is C12H17N3O. The number of rotatable bonds is 6. The Morgan fingerprint density at radius 3 is 3.00 bits per heavy atom. The lowest BCUT2D eigenvalue weighted by atomic mass is 10.1. The van der Waals surface area contributed by atoms with Crippen LogP contribution in [0.15, 0.2) is 18.2 Å². The lowest BCUT2D eigenvalue weighted by Gasteiger charge is -2.08. The van der Waals surface area contributed by atoms with E-state index in [2.05, 4.69) is 11.4 Å². The Morgan fingerprint density at radius 1 is 1.50 bits per heavy atom. The number of nitrogens with two attached hydrogens (primary N) is 1. The van der Waals surface area contributed by atoms with Gasteiger partial charge in [0.25, 0.3) is 0 Å². The molecule has 0 aromatic heterocycles. The number of ether oxygens (including phenoxy) is 1. The number of nitriles is 1. The highest BCUT2D eigenvalue weighted by Crippen LogP contribution is 2.18. The average molecular weight is 219 g/mol. The van der Waals surface area contributed by atoms with Gasteiger partial charge in [-0.25, -0.2) is 0 Å². The van der Waals surface area contributed by atoms with E-state index >= 15 is 0 Å². The molecule has 4 nitrogen and oxygen atoms in total. The molecule has 0 spiro atoms. The summed E-state index contributed by atoms with van der Waals surface area (Å²) < 4.78 is 4.96. The van der Waals surface area contributed by atoms with Gasteiger partial charge < -0.3 is 15.8 Å². The first-order valence-electron chi connectivity index (χ1n) is 5.26. The summed E-state index contributed by atoms with van der Waals surface area (Å²) in [6.45, 7) is 1.59. The first-order chi connectivity index (χ1) is 7.77. The third kappa shape index (κ3) is 3.79. The van der Waals surface area contributed by atoms with Crippen LogP contribution in [-0.4, -0.2) is 20.3 Å². The van der Waals surface area contributed by atoms with Crippen molar-refractivity contribution < 1.29 is 4.74 Å². The third-order valence-electron chi connectivity index (χ3n) is 2.27. The van der Waals surface area contributed by atoms with Gasteiger partial charge in [0.2, 0.25) is 0 Å². The molecule has 0 aliphatic heterocycles. The Hall–Kier alpha value is -1.73. The SMILES string of the molecule is COCCCNc1ccc(N)c(CC#N)c1. The van der Waals surface area contributed by atoms with Crippen LogP contribution in [0.3, 0.4) is 0 Å². The molecule has 0 heterocycles. The zero-order chi connectivity index (χ0) is 11.8. The molecule has 0 amide bonds. The lowest BCUT2D eigenvalue weighted by molar-refractivity contribution is 0.198. The summed E-state index contributed by atoms with van der Waals surface area (Å²) in [6.07, 6.45) is 1.30. The summed E-state index contributed by atoms with van der Waals surface area (Å²) in [5, 5.41) is 11.9. The summed E-state index contributed by atoms with van der Waals surface area (Å²) >= 11 is 0. The summed E-state index contributed by atoms with van der Waals surface area (Å²) in [7, 11) is 1.69. The highest BCUT2D eigenvalue weighted by molar-refractivity contribution is 5.57. The maximum Gasteiger partial charge on any atom is 0.0670 e. The van der Waals surface area contributed by atoms with Crippen LogP contribution in [-0.2, 0) is 11.2 Å². The Morgan fingerprint density at radius 2 is 2.31 bits per heavy atom. The van der Waals surface area contributed by atoms with Crippen LogP contribution in [0.1, 0.15) is 12.0 Å². The second kappa shape index (κ2) is 6.70. The van der Waals surface area contributed by atoms with Crippen molar-refractivity contribution in [2.24, 2.45) is 0 Å². The van der Waals surface area contributed by atoms with Gasteiger partial charge in [-0.3, -0.25) is 0 Å². The topological polar surface area (TPSA) is 71.1 Å². The van der Waals surface area contributed by atoms with Crippen LogP contribution >= 0.6 is 0 Å². The number of hydrogen-bond donors (Lipinski definition) is 2. The Labute approximate surface area is 96.0 Å². The van der Waals surface area contributed by atoms with E-state index in [-0.39, 0.29) is 0 Å². The van der Waals surface area contributed by atoms with E-state index < -0.39 is 0 Å². The molecule has 0 saturated carbocycles. The maximum atomic E-state index is 8.64. The average Bonchev–Trinajstić information content (AvgIpc) is 2.29. The van der Waals surface area contributed by atoms with Crippen molar-refractivity contribution in [3.05, 3.63) is 23.8 Å². The van der Waals surface area contributed by atoms with Crippen molar-refractivity contribution in [2.45, 2.75) is 12.8 Å². The van der Waals surface area contributed by atoms with E-state index in [1.165, 1.54) is 0 Å². The van der Waals surface area contributed by atoms with Crippen molar-refractivity contribution in [3.8, 4) is 6.07 Å². The van der Waals surface area contributed by atoms with E-state index in [0.717, 1.165) is 30.8 Å². The molecule has 0 bridgehead atoms. The van der Waals surface area contributed by atoms with Gasteiger partial charge in [-0.1, -0.05) is 0 Å². The molecule has 1 aromatic rings. The van der Waals surface area contributed by atoms with Crippen molar-refractivity contribution in [1.29, 1.82) is 5.26 Å². The van der Waals surface area contributed by atoms with Gasteiger partial charge in [-0.15, -0.1) is 0 Å². The summed E-state index contributed by atoms with van der Waals surface area (Å²) in [6, 6.07) is 7.77. The largest absolute Gasteiger partial charge is 0.398 e. The molecule has 4 heteroatoms. The fourth-order valence-corrected chi connectivity index (χ4v) is 1.40. The molecule has 1 aromatic carbocycles. The number of nitrogens with one attached hydrogen (secondary N) is 1. The Bertz CT molecular complexity index is 371. The minimum atomic E-state index is 0.347. The number of nitrogen functional groups attached to an aromatic ring is 1. The first-order valence-corrected chi connectivity index (χ1v) is 5.26. The van der Waals surface area contributed by atoms with Crippen LogP contribution in [0.2, 0.25) is 0 Å². The molecule has 0 aliphatic carbocycles. The second-order valence-corrected chi connectivity index (χ2v) is 3.52. The van der Waals surface area contributed by atoms with Crippen LogP contribution in [0.4, 0.5) is 11.4 Å². The maximum absolute atomic E-state index is 8.64. The van der Waals surface area contributed by atoms with Crippen LogP contribution in [0.5, 0.6) is 0 Å². The van der Waals surface area contributed by atoms with E-state index in [9.17, 15) is 0 Å². The van der Waals surface area contributed by atoms with Gasteiger partial charge in [-0.05, 0) is 30.2 Å². The molecule has 16 heavy (non-hydrogen) atoms. The summed E-state index contributed by atoms with van der Waals surface area (Å²) in [5.74, 6) is 0. The van der Waals surface area contributed by atoms with E-state index in [1.807, 2.05) is 18.2 Å². The van der Waals surface area contributed by atoms with E-state index in [0.29, 0.717) is 12.1 Å². The van der Waals surface area contributed by atoms with Crippen molar-refractivity contribution >= 4 is 11.4 Å². The second-order valence-electron chi connectivity index (χ2n) is 3.52. The van der Waals surface area contributed by atoms with Crippen molar-refractivity contribution in [1.82, 2.24) is 0 Å². The van der Waals surface area contributed by atoms with Gasteiger partial charge in [0.1, 0.15) is 0 Å². The quantitative estimate of drug-likeness (QED) is 0.565. The normalized spacial score (nSPS) is 9.75. The van der Waals surface area contributed by atoms with Crippen molar-refractivity contribution in [2.75, 3.05) is 31.3 Å². The smallest absolute Gasteiger partial charge is 0.0670 e. The minimum absolute atomic E-state index is 0.347. The zero-order valence-electron chi connectivity index (χ0n) is 9.49. The molecule has 0 saturated heterocycles. The molecule has 0 fully saturated rings. The first kappa shape index (κ1) is 12.3. The van der Waals surface area contributed by atoms with Gasteiger partial charge in [0, 0.05) is 31.6 Å². The van der Waals surface area contributed by atoms with E-state index in [1.54, 1.807) is 7.11 Å². The third-order valence-corrected chi connectivity index (χ3v) is 2.27. The highest BCUT2D eigenvalue weighted by Gasteiger charge is 2.00. The fourth-order valence-electron chi connectivity index (χ4n) is 1.40. The molecule has 0 radical (unpaired) electrons. The predicted molar refractivity (Wildman–Crippen MR) is 65.2 cm³/mol. The number of methoxy groups -OCH3 is 1. The number of benzene rings is 1. The summed E-state index contributed by atoms with van der Waals surface area (Å²) in [5.41, 5.74) is 8.29. The summed E-state index contributed by atoms with van der Waals surface area (Å²) in [4.78, 5) is 0. The molecule has 86 valence electrons. The van der Waals surface area contributed by atoms with Crippen LogP contribution in [0, 0.1) is 11.3 Å². The number of nitrogens with zero attached hydrogens (tertiary/aromatic N) is 1. The molecule has 0 atom stereocenters. The van der Waals surface area contributed by atoms with Crippen LogP contribution < -0.4 is 11.1 Å². The zero-order valence-corrected chi connectivity index (χ0v) is 9.49. The van der Waals surface area contributed by atoms with E-state index in [4.69, 9.17) is 15.7 Å². The molecule has 3 N–H and O–H groups in total. The monoisotopic (exact) mass is 219 g/mol. The van der Waals surface area contributed by atoms with Crippen LogP contribution in [0.25, 0.3) is 0 Å². The highest BCUT2D eigenvalue weighted by atomic mass is 16.5. The minimum Gasteiger partial charge on any atom is -0.398 e. The van der Waals surface area contributed by atoms with Crippen molar-refractivity contribution in [3.63, 3.8) is 0 Å². The Balaban J connectivity index is 2.54.